The maximum absolute atomic E-state index is 11.4. The summed E-state index contributed by atoms with van der Waals surface area (Å²) in [5, 5.41) is 2.94. The van der Waals surface area contributed by atoms with Crippen LogP contribution in [-0.2, 0) is 14.3 Å². The fourth-order valence-corrected chi connectivity index (χ4v) is 1.38. The van der Waals surface area contributed by atoms with Crippen LogP contribution in [0.15, 0.2) is 0 Å². The predicted octanol–water partition coefficient (Wildman–Crippen LogP) is -2.08. The first-order valence-electron chi connectivity index (χ1n) is 4.44. The molecule has 0 aliphatic carbocycles. The number of ether oxygens (including phenoxy) is 1. The molecule has 2 amide bonds. The van der Waals surface area contributed by atoms with Crippen molar-refractivity contribution in [2.75, 3.05) is 33.4 Å². The molecular weight excluding hydrogens is 186 g/mol. The van der Waals surface area contributed by atoms with Crippen molar-refractivity contribution < 1.29 is 14.3 Å². The highest BCUT2D eigenvalue weighted by Gasteiger charge is 2.25. The van der Waals surface area contributed by atoms with Crippen LogP contribution in [0.5, 0.6) is 0 Å². The number of hydrogen-bond acceptors (Lipinski definition) is 4. The molecule has 0 aromatic heterocycles. The SMILES string of the molecule is COCC(=O)N1CCN[C@@H](C(N)=O)C1. The van der Waals surface area contributed by atoms with Crippen LogP contribution in [0.4, 0.5) is 0 Å². The number of primary amides is 1. The van der Waals surface area contributed by atoms with Gasteiger partial charge in [-0.05, 0) is 0 Å². The minimum Gasteiger partial charge on any atom is -0.375 e. The molecule has 1 aliphatic heterocycles. The van der Waals surface area contributed by atoms with Crippen molar-refractivity contribution in [3.8, 4) is 0 Å². The van der Waals surface area contributed by atoms with Gasteiger partial charge in [0.25, 0.3) is 0 Å². The van der Waals surface area contributed by atoms with Gasteiger partial charge in [-0.2, -0.15) is 0 Å². The number of nitrogens with one attached hydrogen (secondary N) is 1. The van der Waals surface area contributed by atoms with Crippen LogP contribution in [0, 0.1) is 0 Å². The molecule has 80 valence electrons. The number of carbonyl (C=O) groups is 2. The lowest BCUT2D eigenvalue weighted by molar-refractivity contribution is -0.137. The number of carbonyl (C=O) groups excluding carboxylic acids is 2. The monoisotopic (exact) mass is 201 g/mol. The van der Waals surface area contributed by atoms with E-state index in [1.54, 1.807) is 4.90 Å². The van der Waals surface area contributed by atoms with Crippen molar-refractivity contribution >= 4 is 11.8 Å². The van der Waals surface area contributed by atoms with Gasteiger partial charge in [0.1, 0.15) is 12.6 Å². The van der Waals surface area contributed by atoms with Crippen molar-refractivity contribution in [3.63, 3.8) is 0 Å². The number of amides is 2. The molecule has 0 radical (unpaired) electrons. The van der Waals surface area contributed by atoms with Crippen molar-refractivity contribution in [2.45, 2.75) is 6.04 Å². The maximum Gasteiger partial charge on any atom is 0.248 e. The summed E-state index contributed by atoms with van der Waals surface area (Å²) >= 11 is 0. The lowest BCUT2D eigenvalue weighted by Crippen LogP contribution is -2.57. The van der Waals surface area contributed by atoms with Crippen LogP contribution in [-0.4, -0.2) is 56.1 Å². The summed E-state index contributed by atoms with van der Waals surface area (Å²) in [7, 11) is 1.46. The first-order valence-corrected chi connectivity index (χ1v) is 4.44. The number of nitrogens with two attached hydrogens (primary N) is 1. The number of nitrogens with zero attached hydrogens (tertiary/aromatic N) is 1. The fraction of sp³-hybridized carbons (Fsp3) is 0.750. The summed E-state index contributed by atoms with van der Waals surface area (Å²) in [6.45, 7) is 1.55. The molecule has 1 saturated heterocycles. The van der Waals surface area contributed by atoms with E-state index in [0.717, 1.165) is 0 Å². The molecule has 1 aliphatic rings. The Morgan fingerprint density at radius 1 is 1.64 bits per heavy atom. The Bertz CT molecular complexity index is 232. The van der Waals surface area contributed by atoms with Crippen LogP contribution in [0.2, 0.25) is 0 Å². The summed E-state index contributed by atoms with van der Waals surface area (Å²) in [5.41, 5.74) is 5.13. The normalized spacial score (nSPS) is 22.1. The molecule has 0 bridgehead atoms. The molecule has 3 N–H and O–H groups in total. The Balaban J connectivity index is 2.47. The second kappa shape index (κ2) is 4.92. The molecule has 0 aromatic rings. The van der Waals surface area contributed by atoms with Gasteiger partial charge in [-0.15, -0.1) is 0 Å². The zero-order chi connectivity index (χ0) is 10.6. The Morgan fingerprint density at radius 2 is 2.36 bits per heavy atom. The number of piperazine rings is 1. The first kappa shape index (κ1) is 10.9. The van der Waals surface area contributed by atoms with Gasteiger partial charge in [-0.25, -0.2) is 0 Å². The maximum atomic E-state index is 11.4. The molecule has 1 fully saturated rings. The van der Waals surface area contributed by atoms with Gasteiger partial charge >= 0.3 is 0 Å². The Labute approximate surface area is 82.4 Å². The molecule has 0 aromatic carbocycles. The smallest absolute Gasteiger partial charge is 0.248 e. The van der Waals surface area contributed by atoms with Gasteiger partial charge in [-0.1, -0.05) is 0 Å². The second-order valence-corrected chi connectivity index (χ2v) is 3.18. The van der Waals surface area contributed by atoms with Gasteiger partial charge < -0.3 is 20.7 Å². The molecule has 6 nitrogen and oxygen atoms in total. The second-order valence-electron chi connectivity index (χ2n) is 3.18. The average molecular weight is 201 g/mol. The van der Waals surface area contributed by atoms with E-state index in [4.69, 9.17) is 10.5 Å². The van der Waals surface area contributed by atoms with E-state index in [1.807, 2.05) is 0 Å². The Morgan fingerprint density at radius 3 is 2.93 bits per heavy atom. The van der Waals surface area contributed by atoms with Crippen molar-refractivity contribution in [1.29, 1.82) is 0 Å². The molecule has 0 spiro atoms. The quantitative estimate of drug-likeness (QED) is 0.549. The van der Waals surface area contributed by atoms with E-state index in [1.165, 1.54) is 7.11 Å². The van der Waals surface area contributed by atoms with Gasteiger partial charge in [-0.3, -0.25) is 9.59 Å². The standard InChI is InChI=1S/C8H15N3O3/c1-14-5-7(12)11-3-2-10-6(4-11)8(9)13/h6,10H,2-5H2,1H3,(H2,9,13)/t6-/m1/s1. The number of hydrogen-bond donors (Lipinski definition) is 2. The Hall–Kier alpha value is -1.14. The summed E-state index contributed by atoms with van der Waals surface area (Å²) in [6.07, 6.45) is 0. The average Bonchev–Trinajstić information content (AvgIpc) is 2.18. The fourth-order valence-electron chi connectivity index (χ4n) is 1.38. The first-order chi connectivity index (χ1) is 6.65. The van der Waals surface area contributed by atoms with Gasteiger partial charge in [0, 0.05) is 26.7 Å². The molecule has 14 heavy (non-hydrogen) atoms. The van der Waals surface area contributed by atoms with E-state index in [0.29, 0.717) is 19.6 Å². The minimum atomic E-state index is -0.440. The van der Waals surface area contributed by atoms with E-state index < -0.39 is 11.9 Å². The molecular formula is C8H15N3O3. The minimum absolute atomic E-state index is 0.0471. The number of rotatable bonds is 3. The zero-order valence-corrected chi connectivity index (χ0v) is 8.16. The Kier molecular flexibility index (Phi) is 3.84. The van der Waals surface area contributed by atoms with E-state index in [2.05, 4.69) is 5.32 Å². The zero-order valence-electron chi connectivity index (χ0n) is 8.16. The number of methoxy groups -OCH3 is 1. The summed E-state index contributed by atoms with van der Waals surface area (Å²) in [5.74, 6) is -0.542. The highest BCUT2D eigenvalue weighted by molar-refractivity contribution is 5.82. The highest BCUT2D eigenvalue weighted by atomic mass is 16.5. The van der Waals surface area contributed by atoms with E-state index in [-0.39, 0.29) is 12.5 Å². The van der Waals surface area contributed by atoms with Crippen LogP contribution in [0.1, 0.15) is 0 Å². The summed E-state index contributed by atoms with van der Waals surface area (Å²) < 4.78 is 4.72. The molecule has 1 rings (SSSR count). The largest absolute Gasteiger partial charge is 0.375 e. The molecule has 0 unspecified atom stereocenters. The third-order valence-corrected chi connectivity index (χ3v) is 2.14. The summed E-state index contributed by atoms with van der Waals surface area (Å²) in [4.78, 5) is 23.8. The topological polar surface area (TPSA) is 84.7 Å². The van der Waals surface area contributed by atoms with Gasteiger partial charge in [0.2, 0.25) is 11.8 Å². The van der Waals surface area contributed by atoms with Crippen molar-refractivity contribution in [3.05, 3.63) is 0 Å². The van der Waals surface area contributed by atoms with Crippen LogP contribution in [0.3, 0.4) is 0 Å². The van der Waals surface area contributed by atoms with Gasteiger partial charge in [0.15, 0.2) is 0 Å². The van der Waals surface area contributed by atoms with Gasteiger partial charge in [0.05, 0.1) is 0 Å². The lowest BCUT2D eigenvalue weighted by atomic mass is 10.2. The highest BCUT2D eigenvalue weighted by Crippen LogP contribution is 1.99. The van der Waals surface area contributed by atoms with Crippen LogP contribution >= 0.6 is 0 Å². The molecule has 1 atom stereocenters. The third-order valence-electron chi connectivity index (χ3n) is 2.14. The van der Waals surface area contributed by atoms with Crippen LogP contribution < -0.4 is 11.1 Å². The van der Waals surface area contributed by atoms with Crippen LogP contribution in [0.25, 0.3) is 0 Å². The molecule has 0 saturated carbocycles. The lowest BCUT2D eigenvalue weighted by Gasteiger charge is -2.31. The predicted molar refractivity (Wildman–Crippen MR) is 49.4 cm³/mol. The molecule has 1 heterocycles. The third kappa shape index (κ3) is 2.68. The van der Waals surface area contributed by atoms with E-state index in [9.17, 15) is 9.59 Å². The van der Waals surface area contributed by atoms with E-state index >= 15 is 0 Å². The van der Waals surface area contributed by atoms with Crippen molar-refractivity contribution in [2.24, 2.45) is 5.73 Å². The molecule has 6 heteroatoms. The van der Waals surface area contributed by atoms with Crippen molar-refractivity contribution in [1.82, 2.24) is 10.2 Å². The summed E-state index contributed by atoms with van der Waals surface area (Å²) in [6, 6.07) is -0.440.